The second-order valence-electron chi connectivity index (χ2n) is 5.77. The Morgan fingerprint density at radius 3 is 2.25 bits per heavy atom. The van der Waals surface area contributed by atoms with Gasteiger partial charge in [-0.05, 0) is 58.3 Å². The van der Waals surface area contributed by atoms with Gasteiger partial charge < -0.3 is 5.11 Å². The van der Waals surface area contributed by atoms with E-state index in [2.05, 4.69) is 39.2 Å². The third-order valence-electron chi connectivity index (χ3n) is 3.73. The van der Waals surface area contributed by atoms with Crippen molar-refractivity contribution in [1.82, 2.24) is 0 Å². The third kappa shape index (κ3) is 8.73. The minimum Gasteiger partial charge on any atom is -0.481 e. The van der Waals surface area contributed by atoms with E-state index in [1.807, 2.05) is 6.92 Å². The lowest BCUT2D eigenvalue weighted by atomic mass is 9.91. The number of rotatable bonds is 11. The molecule has 1 unspecified atom stereocenters. The third-order valence-corrected chi connectivity index (χ3v) is 3.73. The van der Waals surface area contributed by atoms with E-state index in [0.717, 1.165) is 32.1 Å². The van der Waals surface area contributed by atoms with Crippen LogP contribution in [0.3, 0.4) is 0 Å². The fraction of sp³-hybridized carbons (Fsp3) is 0.611. The van der Waals surface area contributed by atoms with Gasteiger partial charge in [0.2, 0.25) is 0 Å². The maximum atomic E-state index is 10.9. The zero-order valence-electron chi connectivity index (χ0n) is 13.3. The molecule has 0 aromatic heterocycles. The van der Waals surface area contributed by atoms with Crippen LogP contribution in [0.15, 0.2) is 36.5 Å². The van der Waals surface area contributed by atoms with Gasteiger partial charge in [0.25, 0.3) is 0 Å². The molecule has 0 radical (unpaired) electrons. The van der Waals surface area contributed by atoms with Gasteiger partial charge in [0.05, 0.1) is 5.92 Å². The molecule has 0 aromatic rings. The van der Waals surface area contributed by atoms with Crippen molar-refractivity contribution in [3.8, 4) is 0 Å². The zero-order valence-corrected chi connectivity index (χ0v) is 13.3. The molecule has 0 saturated heterocycles. The Labute approximate surface area is 124 Å². The van der Waals surface area contributed by atoms with Crippen LogP contribution < -0.4 is 0 Å². The van der Waals surface area contributed by atoms with E-state index >= 15 is 0 Å². The molecular formula is C18H30O2. The maximum absolute atomic E-state index is 10.9. The molecule has 1 N–H and O–H groups in total. The van der Waals surface area contributed by atoms with E-state index in [-0.39, 0.29) is 5.92 Å². The lowest BCUT2D eigenvalue weighted by molar-refractivity contribution is -0.142. The van der Waals surface area contributed by atoms with Crippen LogP contribution >= 0.6 is 0 Å². The van der Waals surface area contributed by atoms with E-state index in [1.165, 1.54) is 11.1 Å². The number of carbonyl (C=O) groups is 1. The molecule has 20 heavy (non-hydrogen) atoms. The normalized spacial score (nSPS) is 14.2. The van der Waals surface area contributed by atoms with Gasteiger partial charge >= 0.3 is 5.97 Å². The Morgan fingerprint density at radius 2 is 1.80 bits per heavy atom. The minimum absolute atomic E-state index is 0.208. The molecule has 2 atom stereocenters. The minimum atomic E-state index is -0.679. The lowest BCUT2D eigenvalue weighted by Crippen LogP contribution is -2.11. The smallest absolute Gasteiger partial charge is 0.306 e. The predicted octanol–water partition coefficient (Wildman–Crippen LogP) is 5.37. The Balaban J connectivity index is 4.08. The van der Waals surface area contributed by atoms with Gasteiger partial charge in [-0.2, -0.15) is 0 Å². The highest BCUT2D eigenvalue weighted by Gasteiger charge is 2.13. The summed E-state index contributed by atoms with van der Waals surface area (Å²) in [4.78, 5) is 10.9. The van der Waals surface area contributed by atoms with Crippen molar-refractivity contribution in [1.29, 1.82) is 0 Å². The first-order chi connectivity index (χ1) is 9.38. The molecule has 0 spiro atoms. The van der Waals surface area contributed by atoms with Crippen molar-refractivity contribution in [2.45, 2.75) is 59.3 Å². The topological polar surface area (TPSA) is 37.3 Å². The number of hydrogen-bond donors (Lipinski definition) is 1. The van der Waals surface area contributed by atoms with Crippen LogP contribution in [-0.2, 0) is 4.79 Å². The molecule has 0 heterocycles. The molecular weight excluding hydrogens is 248 g/mol. The molecule has 0 aliphatic heterocycles. The summed E-state index contributed by atoms with van der Waals surface area (Å²) in [5.41, 5.74) is 2.43. The molecule has 0 fully saturated rings. The Morgan fingerprint density at radius 1 is 1.15 bits per heavy atom. The molecule has 0 amide bonds. The van der Waals surface area contributed by atoms with Crippen molar-refractivity contribution in [3.05, 3.63) is 36.5 Å². The highest BCUT2D eigenvalue weighted by Crippen LogP contribution is 2.22. The van der Waals surface area contributed by atoms with Gasteiger partial charge in [-0.3, -0.25) is 4.79 Å². The average Bonchev–Trinajstić information content (AvgIpc) is 2.35. The fourth-order valence-electron chi connectivity index (χ4n) is 2.16. The van der Waals surface area contributed by atoms with Gasteiger partial charge in [0.1, 0.15) is 0 Å². The Hall–Kier alpha value is -1.31. The monoisotopic (exact) mass is 278 g/mol. The van der Waals surface area contributed by atoms with Gasteiger partial charge in [0.15, 0.2) is 0 Å². The fourth-order valence-corrected chi connectivity index (χ4v) is 2.16. The number of carboxylic acids is 1. The number of carboxylic acid groups (broad SMARTS) is 1. The maximum Gasteiger partial charge on any atom is 0.306 e. The standard InChI is InChI=1S/C18H30O2/c1-6-16(18(19)20)10-8-7-9-11-17(15(4)5)13-12-14(2)3/h7,9,16-17H,2,4,6,8,10-13H2,1,3,5H3,(H,19,20)/t16?,17-/m1/s1. The molecule has 0 bridgehead atoms. The van der Waals surface area contributed by atoms with Crippen LogP contribution in [-0.4, -0.2) is 11.1 Å². The van der Waals surface area contributed by atoms with Crippen LogP contribution in [0.4, 0.5) is 0 Å². The second-order valence-corrected chi connectivity index (χ2v) is 5.77. The SMILES string of the molecule is C=C(C)CC[C@@H](CC=CCCC(CC)C(=O)O)C(=C)C. The van der Waals surface area contributed by atoms with Gasteiger partial charge in [0, 0.05) is 0 Å². The molecule has 0 aliphatic carbocycles. The van der Waals surface area contributed by atoms with Crippen molar-refractivity contribution in [3.63, 3.8) is 0 Å². The van der Waals surface area contributed by atoms with E-state index in [1.54, 1.807) is 0 Å². The van der Waals surface area contributed by atoms with Crippen molar-refractivity contribution in [2.24, 2.45) is 11.8 Å². The summed E-state index contributed by atoms with van der Waals surface area (Å²) in [6.07, 6.45) is 9.70. The highest BCUT2D eigenvalue weighted by atomic mass is 16.4. The van der Waals surface area contributed by atoms with E-state index in [4.69, 9.17) is 5.11 Å². The molecule has 2 heteroatoms. The highest BCUT2D eigenvalue weighted by molar-refractivity contribution is 5.69. The summed E-state index contributed by atoms with van der Waals surface area (Å²) in [5.74, 6) is -0.383. The number of aliphatic carboxylic acids is 1. The van der Waals surface area contributed by atoms with E-state index < -0.39 is 5.97 Å². The second kappa shape index (κ2) is 10.5. The van der Waals surface area contributed by atoms with Crippen LogP contribution in [0.1, 0.15) is 59.3 Å². The van der Waals surface area contributed by atoms with E-state index in [0.29, 0.717) is 12.3 Å². The lowest BCUT2D eigenvalue weighted by Gasteiger charge is -2.15. The summed E-state index contributed by atoms with van der Waals surface area (Å²) >= 11 is 0. The first-order valence-electron chi connectivity index (χ1n) is 7.56. The zero-order chi connectivity index (χ0) is 15.5. The number of allylic oxidation sites excluding steroid dienone is 4. The van der Waals surface area contributed by atoms with Crippen LogP contribution in [0, 0.1) is 11.8 Å². The van der Waals surface area contributed by atoms with E-state index in [9.17, 15) is 4.79 Å². The van der Waals surface area contributed by atoms with Crippen molar-refractivity contribution >= 4 is 5.97 Å². The Kier molecular flexibility index (Phi) is 9.79. The number of hydrogen-bond acceptors (Lipinski definition) is 1. The van der Waals surface area contributed by atoms with Gasteiger partial charge in [-0.1, -0.05) is 36.8 Å². The first-order valence-corrected chi connectivity index (χ1v) is 7.56. The predicted molar refractivity (Wildman–Crippen MR) is 86.8 cm³/mol. The van der Waals surface area contributed by atoms with Gasteiger partial charge in [-0.25, -0.2) is 0 Å². The largest absolute Gasteiger partial charge is 0.481 e. The quantitative estimate of drug-likeness (QED) is 0.516. The molecule has 2 nitrogen and oxygen atoms in total. The summed E-state index contributed by atoms with van der Waals surface area (Å²) in [6, 6.07) is 0. The molecule has 0 rings (SSSR count). The summed E-state index contributed by atoms with van der Waals surface area (Å²) in [6.45, 7) is 14.1. The summed E-state index contributed by atoms with van der Waals surface area (Å²) in [5, 5.41) is 8.97. The average molecular weight is 278 g/mol. The summed E-state index contributed by atoms with van der Waals surface area (Å²) in [7, 11) is 0. The van der Waals surface area contributed by atoms with Crippen LogP contribution in [0.5, 0.6) is 0 Å². The molecule has 114 valence electrons. The molecule has 0 aromatic carbocycles. The molecule has 0 saturated carbocycles. The Bertz CT molecular complexity index is 352. The van der Waals surface area contributed by atoms with Crippen LogP contribution in [0.25, 0.3) is 0 Å². The first kappa shape index (κ1) is 18.7. The van der Waals surface area contributed by atoms with Crippen LogP contribution in [0.2, 0.25) is 0 Å². The van der Waals surface area contributed by atoms with Crippen molar-refractivity contribution < 1.29 is 9.90 Å². The summed E-state index contributed by atoms with van der Waals surface area (Å²) < 4.78 is 0. The van der Waals surface area contributed by atoms with Gasteiger partial charge in [-0.15, -0.1) is 6.58 Å². The molecule has 0 aliphatic rings. The van der Waals surface area contributed by atoms with Crippen molar-refractivity contribution in [2.75, 3.05) is 0 Å².